The zero-order valence-corrected chi connectivity index (χ0v) is 11.6. The molecule has 2 heterocycles. The summed E-state index contributed by atoms with van der Waals surface area (Å²) in [5.41, 5.74) is 0. The molecule has 0 aromatic heterocycles. The minimum atomic E-state index is -0.164. The molecule has 94 valence electrons. The van der Waals surface area contributed by atoms with Crippen LogP contribution in [-0.4, -0.2) is 46.4 Å². The molecular formula is C12H22O2S2. The van der Waals surface area contributed by atoms with Gasteiger partial charge in [0.15, 0.2) is 0 Å². The van der Waals surface area contributed by atoms with Gasteiger partial charge in [0.05, 0.1) is 12.7 Å². The molecule has 0 saturated carbocycles. The Labute approximate surface area is 107 Å². The molecule has 2 aliphatic rings. The number of aliphatic hydroxyl groups excluding tert-OH is 1. The Balaban J connectivity index is 1.92. The van der Waals surface area contributed by atoms with E-state index in [1.807, 2.05) is 23.5 Å². The van der Waals surface area contributed by atoms with Gasteiger partial charge in [-0.15, -0.1) is 0 Å². The highest BCUT2D eigenvalue weighted by Gasteiger charge is 2.36. The molecule has 2 aliphatic heterocycles. The fourth-order valence-electron chi connectivity index (χ4n) is 2.56. The third kappa shape index (κ3) is 3.09. The second-order valence-electron chi connectivity index (χ2n) is 4.62. The van der Waals surface area contributed by atoms with Crippen LogP contribution in [0.3, 0.4) is 0 Å². The Bertz CT molecular complexity index is 207. The molecule has 4 unspecified atom stereocenters. The first-order valence-corrected chi connectivity index (χ1v) is 8.41. The highest BCUT2D eigenvalue weighted by molar-refractivity contribution is 8.07. The minimum Gasteiger partial charge on any atom is -0.392 e. The average molecular weight is 262 g/mol. The first kappa shape index (κ1) is 13.1. The van der Waals surface area contributed by atoms with Gasteiger partial charge in [-0.3, -0.25) is 0 Å². The van der Waals surface area contributed by atoms with Crippen LogP contribution in [0.4, 0.5) is 0 Å². The van der Waals surface area contributed by atoms with E-state index >= 15 is 0 Å². The fourth-order valence-corrected chi connectivity index (χ4v) is 5.79. The van der Waals surface area contributed by atoms with Crippen molar-refractivity contribution in [2.24, 2.45) is 5.92 Å². The summed E-state index contributed by atoms with van der Waals surface area (Å²) in [5.74, 6) is 2.81. The molecule has 0 aromatic rings. The Kier molecular flexibility index (Phi) is 5.33. The van der Waals surface area contributed by atoms with Crippen molar-refractivity contribution >= 4 is 23.5 Å². The van der Waals surface area contributed by atoms with Gasteiger partial charge in [0.25, 0.3) is 0 Å². The molecule has 2 saturated heterocycles. The molecule has 2 rings (SSSR count). The topological polar surface area (TPSA) is 29.5 Å². The van der Waals surface area contributed by atoms with E-state index in [0.717, 1.165) is 26.1 Å². The minimum absolute atomic E-state index is 0.164. The van der Waals surface area contributed by atoms with Gasteiger partial charge in [0.2, 0.25) is 0 Å². The van der Waals surface area contributed by atoms with Crippen LogP contribution in [0.1, 0.15) is 26.2 Å². The van der Waals surface area contributed by atoms with Gasteiger partial charge in [-0.1, -0.05) is 6.92 Å². The van der Waals surface area contributed by atoms with Crippen molar-refractivity contribution in [1.82, 2.24) is 0 Å². The Hall–Kier alpha value is 0.620. The quantitative estimate of drug-likeness (QED) is 0.846. The van der Waals surface area contributed by atoms with Crippen LogP contribution in [0.5, 0.6) is 0 Å². The summed E-state index contributed by atoms with van der Waals surface area (Å²) in [4.78, 5) is 0. The average Bonchev–Trinajstić information content (AvgIpc) is 2.39. The maximum atomic E-state index is 10.5. The van der Waals surface area contributed by atoms with Gasteiger partial charge in [0, 0.05) is 34.5 Å². The zero-order valence-electron chi connectivity index (χ0n) is 9.93. The summed E-state index contributed by atoms with van der Waals surface area (Å²) in [7, 11) is 0. The monoisotopic (exact) mass is 262 g/mol. The molecule has 0 spiro atoms. The summed E-state index contributed by atoms with van der Waals surface area (Å²) >= 11 is 4.01. The van der Waals surface area contributed by atoms with Gasteiger partial charge in [0.1, 0.15) is 0 Å². The predicted molar refractivity (Wildman–Crippen MR) is 72.3 cm³/mol. The molecule has 0 bridgehead atoms. The predicted octanol–water partition coefficient (Wildman–Crippen LogP) is 2.40. The van der Waals surface area contributed by atoms with Crippen LogP contribution in [0.2, 0.25) is 0 Å². The van der Waals surface area contributed by atoms with Crippen molar-refractivity contribution < 1.29 is 9.84 Å². The summed E-state index contributed by atoms with van der Waals surface area (Å²) in [6.45, 7) is 3.88. The molecule has 0 aliphatic carbocycles. The third-order valence-electron chi connectivity index (χ3n) is 3.51. The van der Waals surface area contributed by atoms with Crippen LogP contribution >= 0.6 is 23.5 Å². The fraction of sp³-hybridized carbons (Fsp3) is 1.00. The lowest BCUT2D eigenvalue weighted by atomic mass is 9.92. The molecule has 0 aromatic carbocycles. The molecule has 4 atom stereocenters. The molecule has 4 heteroatoms. The number of ether oxygens (including phenoxy) is 1. The van der Waals surface area contributed by atoms with Gasteiger partial charge >= 0.3 is 0 Å². The Morgan fingerprint density at radius 3 is 2.88 bits per heavy atom. The molecule has 16 heavy (non-hydrogen) atoms. The lowest BCUT2D eigenvalue weighted by Crippen LogP contribution is -2.43. The van der Waals surface area contributed by atoms with Crippen LogP contribution in [0.25, 0.3) is 0 Å². The number of aliphatic hydroxyl groups is 1. The summed E-state index contributed by atoms with van der Waals surface area (Å²) in [5, 5.41) is 11.5. The third-order valence-corrected chi connectivity index (χ3v) is 6.87. The van der Waals surface area contributed by atoms with Gasteiger partial charge in [-0.25, -0.2) is 0 Å². The van der Waals surface area contributed by atoms with Crippen molar-refractivity contribution in [3.63, 3.8) is 0 Å². The maximum absolute atomic E-state index is 10.5. The van der Waals surface area contributed by atoms with Crippen molar-refractivity contribution in [2.75, 3.05) is 24.7 Å². The molecule has 0 radical (unpaired) electrons. The first-order chi connectivity index (χ1) is 7.83. The van der Waals surface area contributed by atoms with Crippen molar-refractivity contribution in [2.45, 2.75) is 42.8 Å². The summed E-state index contributed by atoms with van der Waals surface area (Å²) < 4.78 is 5.49. The molecular weight excluding hydrogens is 240 g/mol. The number of hydrogen-bond acceptors (Lipinski definition) is 4. The smallest absolute Gasteiger partial charge is 0.0719 e. The van der Waals surface area contributed by atoms with E-state index in [0.29, 0.717) is 16.4 Å². The second-order valence-corrected chi connectivity index (χ2v) is 7.25. The van der Waals surface area contributed by atoms with E-state index in [1.54, 1.807) is 0 Å². The van der Waals surface area contributed by atoms with Crippen LogP contribution in [0, 0.1) is 5.92 Å². The van der Waals surface area contributed by atoms with Crippen LogP contribution < -0.4 is 0 Å². The molecule has 2 nitrogen and oxygen atoms in total. The number of hydrogen-bond donors (Lipinski definition) is 1. The lowest BCUT2D eigenvalue weighted by molar-refractivity contribution is -0.00959. The van der Waals surface area contributed by atoms with Crippen LogP contribution in [-0.2, 0) is 4.74 Å². The Morgan fingerprint density at radius 1 is 1.38 bits per heavy atom. The lowest BCUT2D eigenvalue weighted by Gasteiger charge is -2.38. The van der Waals surface area contributed by atoms with E-state index in [9.17, 15) is 5.11 Å². The van der Waals surface area contributed by atoms with E-state index < -0.39 is 0 Å². The standard InChI is InChI=1S/C12H22O2S2/c1-2-10-12(16-7-6-15-10)11(13)9-4-3-5-14-8-9/h9-13H,2-8H2,1H3. The van der Waals surface area contributed by atoms with E-state index in [1.165, 1.54) is 17.9 Å². The maximum Gasteiger partial charge on any atom is 0.0719 e. The van der Waals surface area contributed by atoms with E-state index in [4.69, 9.17) is 4.74 Å². The van der Waals surface area contributed by atoms with Crippen molar-refractivity contribution in [3.8, 4) is 0 Å². The zero-order chi connectivity index (χ0) is 11.4. The van der Waals surface area contributed by atoms with Crippen LogP contribution in [0.15, 0.2) is 0 Å². The van der Waals surface area contributed by atoms with Gasteiger partial charge < -0.3 is 9.84 Å². The van der Waals surface area contributed by atoms with E-state index in [2.05, 4.69) is 6.92 Å². The first-order valence-electron chi connectivity index (χ1n) is 6.32. The second kappa shape index (κ2) is 6.53. The van der Waals surface area contributed by atoms with Crippen molar-refractivity contribution in [1.29, 1.82) is 0 Å². The largest absolute Gasteiger partial charge is 0.392 e. The highest BCUT2D eigenvalue weighted by atomic mass is 32.2. The van der Waals surface area contributed by atoms with Gasteiger partial charge in [-0.05, 0) is 19.3 Å². The van der Waals surface area contributed by atoms with Crippen molar-refractivity contribution in [3.05, 3.63) is 0 Å². The SMILES string of the molecule is CCC1SCCSC1C(O)C1CCCOC1. The highest BCUT2D eigenvalue weighted by Crippen LogP contribution is 2.38. The number of thioether (sulfide) groups is 2. The normalized spacial score (nSPS) is 38.2. The summed E-state index contributed by atoms with van der Waals surface area (Å²) in [6.07, 6.45) is 3.26. The van der Waals surface area contributed by atoms with Gasteiger partial charge in [-0.2, -0.15) is 23.5 Å². The molecule has 2 fully saturated rings. The van der Waals surface area contributed by atoms with E-state index in [-0.39, 0.29) is 6.10 Å². The number of rotatable bonds is 3. The summed E-state index contributed by atoms with van der Waals surface area (Å²) in [6, 6.07) is 0. The molecule has 1 N–H and O–H groups in total. The Morgan fingerprint density at radius 2 is 2.19 bits per heavy atom. The molecule has 0 amide bonds.